The fraction of sp³-hybridized carbons (Fsp3) is 0.364. The normalized spacial score (nSPS) is 15.1. The van der Waals surface area contributed by atoms with E-state index >= 15 is 0 Å². The van der Waals surface area contributed by atoms with Crippen molar-refractivity contribution in [1.82, 2.24) is 20.2 Å². The van der Waals surface area contributed by atoms with Gasteiger partial charge in [-0.25, -0.2) is 4.68 Å². The summed E-state index contributed by atoms with van der Waals surface area (Å²) >= 11 is 1.55. The first kappa shape index (κ1) is 10.7. The molecule has 1 aliphatic rings. The van der Waals surface area contributed by atoms with Crippen molar-refractivity contribution in [3.8, 4) is 0 Å². The summed E-state index contributed by atoms with van der Waals surface area (Å²) in [6, 6.07) is 8.26. The van der Waals surface area contributed by atoms with Gasteiger partial charge in [0, 0.05) is 4.90 Å². The van der Waals surface area contributed by atoms with Gasteiger partial charge in [0.1, 0.15) is 0 Å². The van der Waals surface area contributed by atoms with Crippen LogP contribution in [0.15, 0.2) is 34.3 Å². The van der Waals surface area contributed by atoms with Crippen LogP contribution >= 0.6 is 11.8 Å². The van der Waals surface area contributed by atoms with Crippen LogP contribution in [0.2, 0.25) is 0 Å². The highest BCUT2D eigenvalue weighted by Crippen LogP contribution is 2.37. The molecule has 1 aromatic heterocycles. The fourth-order valence-electron chi connectivity index (χ4n) is 1.57. The quantitative estimate of drug-likeness (QED) is 0.891. The second-order valence-corrected chi connectivity index (χ2v) is 5.08. The van der Waals surface area contributed by atoms with Crippen LogP contribution in [0.4, 0.5) is 0 Å². The maximum Gasteiger partial charge on any atom is 0.214 e. The molecule has 1 heterocycles. The van der Waals surface area contributed by atoms with E-state index in [0.29, 0.717) is 6.04 Å². The lowest BCUT2D eigenvalue weighted by molar-refractivity contribution is 0.282. The van der Waals surface area contributed by atoms with Crippen molar-refractivity contribution in [2.45, 2.75) is 35.5 Å². The average Bonchev–Trinajstić information content (AvgIpc) is 3.11. The number of aliphatic hydroxyl groups is 1. The fourth-order valence-corrected chi connectivity index (χ4v) is 2.41. The van der Waals surface area contributed by atoms with Crippen LogP contribution in [0, 0.1) is 0 Å². The zero-order valence-corrected chi connectivity index (χ0v) is 9.97. The Morgan fingerprint density at radius 3 is 2.71 bits per heavy atom. The van der Waals surface area contributed by atoms with Crippen LogP contribution < -0.4 is 0 Å². The number of hydrogen-bond donors (Lipinski definition) is 1. The first-order chi connectivity index (χ1) is 8.36. The minimum Gasteiger partial charge on any atom is -0.392 e. The molecule has 1 saturated carbocycles. The highest BCUT2D eigenvalue weighted by molar-refractivity contribution is 7.99. The van der Waals surface area contributed by atoms with Gasteiger partial charge in [0.05, 0.1) is 12.6 Å². The SMILES string of the molecule is OCc1ccc(Sc2nnnn2C2CC2)cc1. The van der Waals surface area contributed by atoms with Crippen LogP contribution in [0.5, 0.6) is 0 Å². The molecule has 1 aliphatic carbocycles. The topological polar surface area (TPSA) is 63.8 Å². The first-order valence-corrected chi connectivity index (χ1v) is 6.34. The van der Waals surface area contributed by atoms with E-state index in [1.165, 1.54) is 12.8 Å². The van der Waals surface area contributed by atoms with Crippen LogP contribution in [-0.4, -0.2) is 25.3 Å². The molecule has 1 fully saturated rings. The Balaban J connectivity index is 1.78. The molecule has 0 amide bonds. The predicted molar refractivity (Wildman–Crippen MR) is 62.6 cm³/mol. The molecule has 0 aliphatic heterocycles. The number of hydrogen-bond acceptors (Lipinski definition) is 5. The summed E-state index contributed by atoms with van der Waals surface area (Å²) in [5.74, 6) is 0. The Kier molecular flexibility index (Phi) is 2.82. The summed E-state index contributed by atoms with van der Waals surface area (Å²) in [6.07, 6.45) is 2.34. The van der Waals surface area contributed by atoms with Crippen LogP contribution in [0.3, 0.4) is 0 Å². The monoisotopic (exact) mass is 248 g/mol. The minimum atomic E-state index is 0.0742. The van der Waals surface area contributed by atoms with Crippen molar-refractivity contribution >= 4 is 11.8 Å². The zero-order valence-electron chi connectivity index (χ0n) is 9.15. The molecule has 6 heteroatoms. The van der Waals surface area contributed by atoms with Crippen molar-refractivity contribution < 1.29 is 5.11 Å². The lowest BCUT2D eigenvalue weighted by atomic mass is 10.2. The van der Waals surface area contributed by atoms with Crippen LogP contribution in [0.1, 0.15) is 24.4 Å². The predicted octanol–water partition coefficient (Wildman–Crippen LogP) is 1.65. The maximum absolute atomic E-state index is 8.97. The number of nitrogens with zero attached hydrogens (tertiary/aromatic N) is 4. The summed E-state index contributed by atoms with van der Waals surface area (Å²) in [6.45, 7) is 0.0742. The highest BCUT2D eigenvalue weighted by Gasteiger charge is 2.27. The van der Waals surface area contributed by atoms with Gasteiger partial charge in [-0.15, -0.1) is 5.10 Å². The minimum absolute atomic E-state index is 0.0742. The highest BCUT2D eigenvalue weighted by atomic mass is 32.2. The van der Waals surface area contributed by atoms with Gasteiger partial charge in [0.25, 0.3) is 0 Å². The van der Waals surface area contributed by atoms with Gasteiger partial charge >= 0.3 is 0 Å². The molecule has 2 aromatic rings. The molecule has 0 saturated heterocycles. The number of benzene rings is 1. The van der Waals surface area contributed by atoms with E-state index in [4.69, 9.17) is 5.11 Å². The molecular weight excluding hydrogens is 236 g/mol. The Labute approximate surface area is 103 Å². The van der Waals surface area contributed by atoms with Gasteiger partial charge in [0.15, 0.2) is 0 Å². The van der Waals surface area contributed by atoms with Gasteiger partial charge in [-0.2, -0.15) is 0 Å². The molecular formula is C11H12N4OS. The summed E-state index contributed by atoms with van der Waals surface area (Å²) in [5, 5.41) is 21.6. The number of aliphatic hydroxyl groups excluding tert-OH is 1. The molecule has 0 radical (unpaired) electrons. The summed E-state index contributed by atoms with van der Waals surface area (Å²) in [5.41, 5.74) is 0.913. The van der Waals surface area contributed by atoms with E-state index in [2.05, 4.69) is 15.5 Å². The van der Waals surface area contributed by atoms with E-state index in [9.17, 15) is 0 Å². The maximum atomic E-state index is 8.97. The molecule has 5 nitrogen and oxygen atoms in total. The molecule has 88 valence electrons. The van der Waals surface area contributed by atoms with E-state index in [-0.39, 0.29) is 6.61 Å². The van der Waals surface area contributed by atoms with Crippen molar-refractivity contribution in [2.24, 2.45) is 0 Å². The lowest BCUT2D eigenvalue weighted by Gasteiger charge is -2.02. The van der Waals surface area contributed by atoms with Crippen LogP contribution in [-0.2, 0) is 6.61 Å². The summed E-state index contributed by atoms with van der Waals surface area (Å²) in [4.78, 5) is 1.08. The Morgan fingerprint density at radius 1 is 1.29 bits per heavy atom. The first-order valence-electron chi connectivity index (χ1n) is 5.52. The van der Waals surface area contributed by atoms with Crippen LogP contribution in [0.25, 0.3) is 0 Å². The molecule has 3 rings (SSSR count). The second kappa shape index (κ2) is 4.46. The van der Waals surface area contributed by atoms with E-state index in [1.54, 1.807) is 11.8 Å². The summed E-state index contributed by atoms with van der Waals surface area (Å²) in [7, 11) is 0. The standard InChI is InChI=1S/C11H12N4OS/c16-7-8-1-5-10(6-2-8)17-11-12-13-14-15(11)9-3-4-9/h1-2,5-6,9,16H,3-4,7H2. The van der Waals surface area contributed by atoms with Crippen molar-refractivity contribution in [3.63, 3.8) is 0 Å². The molecule has 0 atom stereocenters. The molecule has 0 spiro atoms. The molecule has 17 heavy (non-hydrogen) atoms. The third kappa shape index (κ3) is 2.32. The number of aromatic nitrogens is 4. The zero-order chi connectivity index (χ0) is 11.7. The molecule has 1 aromatic carbocycles. The van der Waals surface area contributed by atoms with Crippen molar-refractivity contribution in [3.05, 3.63) is 29.8 Å². The largest absolute Gasteiger partial charge is 0.392 e. The second-order valence-electron chi connectivity index (χ2n) is 4.04. The van der Waals surface area contributed by atoms with E-state index in [1.807, 2.05) is 28.9 Å². The van der Waals surface area contributed by atoms with E-state index < -0.39 is 0 Å². The van der Waals surface area contributed by atoms with Gasteiger partial charge < -0.3 is 5.11 Å². The van der Waals surface area contributed by atoms with Gasteiger partial charge in [-0.05, 0) is 52.7 Å². The van der Waals surface area contributed by atoms with E-state index in [0.717, 1.165) is 15.6 Å². The molecule has 0 unspecified atom stereocenters. The summed E-state index contributed by atoms with van der Waals surface area (Å²) < 4.78 is 1.89. The number of tetrazole rings is 1. The number of rotatable bonds is 4. The average molecular weight is 248 g/mol. The lowest BCUT2D eigenvalue weighted by Crippen LogP contribution is -1.98. The van der Waals surface area contributed by atoms with Crippen molar-refractivity contribution in [1.29, 1.82) is 0 Å². The van der Waals surface area contributed by atoms with Gasteiger partial charge in [-0.1, -0.05) is 12.1 Å². The Morgan fingerprint density at radius 2 is 2.06 bits per heavy atom. The van der Waals surface area contributed by atoms with Gasteiger partial charge in [0.2, 0.25) is 5.16 Å². The Bertz CT molecular complexity index is 506. The Hall–Kier alpha value is -1.40. The smallest absolute Gasteiger partial charge is 0.214 e. The van der Waals surface area contributed by atoms with Crippen molar-refractivity contribution in [2.75, 3.05) is 0 Å². The van der Waals surface area contributed by atoms with Gasteiger partial charge in [-0.3, -0.25) is 0 Å². The molecule has 0 bridgehead atoms. The molecule has 1 N–H and O–H groups in total. The third-order valence-electron chi connectivity index (χ3n) is 2.67. The third-order valence-corrected chi connectivity index (χ3v) is 3.63.